The Balaban J connectivity index is 2.18. The fourth-order valence-corrected chi connectivity index (χ4v) is 2.56. The molecule has 0 radical (unpaired) electrons. The first-order valence-corrected chi connectivity index (χ1v) is 6.25. The number of fused-ring (bicyclic) bond motifs is 1. The van der Waals surface area contributed by atoms with Gasteiger partial charge in [-0.25, -0.2) is 4.79 Å². The Hall–Kier alpha value is -2.01. The molecule has 2 aromatic heterocycles. The first-order valence-electron chi connectivity index (χ1n) is 6.25. The van der Waals surface area contributed by atoms with Gasteiger partial charge in [-0.2, -0.15) is 5.10 Å². The van der Waals surface area contributed by atoms with Crippen molar-refractivity contribution in [3.8, 4) is 0 Å². The van der Waals surface area contributed by atoms with Gasteiger partial charge in [0, 0.05) is 7.05 Å². The zero-order chi connectivity index (χ0) is 15.3. The summed E-state index contributed by atoms with van der Waals surface area (Å²) in [6.45, 7) is -0.476. The van der Waals surface area contributed by atoms with Gasteiger partial charge < -0.3 is 25.0 Å². The Morgan fingerprint density at radius 1 is 1.29 bits per heavy atom. The third kappa shape index (κ3) is 2.00. The Bertz CT molecular complexity index is 792. The molecule has 0 amide bonds. The minimum absolute atomic E-state index is 0.113. The maximum Gasteiger partial charge on any atom is 0.326 e. The van der Waals surface area contributed by atoms with E-state index >= 15 is 0 Å². The van der Waals surface area contributed by atoms with E-state index in [1.54, 1.807) is 0 Å². The van der Waals surface area contributed by atoms with Crippen molar-refractivity contribution in [2.45, 2.75) is 24.4 Å². The average molecular weight is 298 g/mol. The standard InChI is InChI=1S/C11H14N4O6/c1-15-6-4(12-11(20)13-10(6)19)5(14-15)9-8(18)7(17)3(2-16)21-9/h3,7-9,16-18H,2H2,1H3,(H2,12,13,19,20)/t3-,7+,8-,9?/m1/s1. The number of nitrogens with one attached hydrogen (secondary N) is 2. The second-order valence-electron chi connectivity index (χ2n) is 4.90. The fraction of sp³-hybridized carbons (Fsp3) is 0.545. The zero-order valence-electron chi connectivity index (χ0n) is 11.0. The highest BCUT2D eigenvalue weighted by Gasteiger charge is 2.45. The van der Waals surface area contributed by atoms with Crippen molar-refractivity contribution in [2.24, 2.45) is 7.05 Å². The summed E-state index contributed by atoms with van der Waals surface area (Å²) in [6, 6.07) is 0. The number of aryl methyl sites for hydroxylation is 1. The van der Waals surface area contributed by atoms with Gasteiger partial charge in [0.1, 0.15) is 35.6 Å². The van der Waals surface area contributed by atoms with Gasteiger partial charge in [-0.15, -0.1) is 0 Å². The molecule has 0 aliphatic carbocycles. The maximum atomic E-state index is 11.8. The van der Waals surface area contributed by atoms with E-state index in [0.29, 0.717) is 0 Å². The molecule has 3 heterocycles. The smallest absolute Gasteiger partial charge is 0.326 e. The van der Waals surface area contributed by atoms with Gasteiger partial charge in [-0.1, -0.05) is 0 Å². The summed E-state index contributed by atoms with van der Waals surface area (Å²) in [4.78, 5) is 27.7. The molecule has 21 heavy (non-hydrogen) atoms. The number of aliphatic hydroxyl groups excluding tert-OH is 3. The minimum atomic E-state index is -1.33. The lowest BCUT2D eigenvalue weighted by atomic mass is 10.1. The van der Waals surface area contributed by atoms with Gasteiger partial charge in [0.25, 0.3) is 5.56 Å². The Labute approximate surface area is 116 Å². The van der Waals surface area contributed by atoms with Crippen LogP contribution < -0.4 is 11.2 Å². The van der Waals surface area contributed by atoms with Crippen LogP contribution in [0.1, 0.15) is 11.8 Å². The Kier molecular flexibility index (Phi) is 3.17. The molecule has 0 aromatic carbocycles. The summed E-state index contributed by atoms with van der Waals surface area (Å²) in [5.74, 6) is 0. The lowest BCUT2D eigenvalue weighted by Gasteiger charge is -2.12. The van der Waals surface area contributed by atoms with Crippen molar-refractivity contribution in [1.82, 2.24) is 19.7 Å². The van der Waals surface area contributed by atoms with Crippen LogP contribution in [0.3, 0.4) is 0 Å². The minimum Gasteiger partial charge on any atom is -0.394 e. The van der Waals surface area contributed by atoms with Crippen LogP contribution in [0.25, 0.3) is 11.0 Å². The molecule has 114 valence electrons. The van der Waals surface area contributed by atoms with Crippen LogP contribution in [-0.4, -0.2) is 60.0 Å². The number of nitrogens with zero attached hydrogens (tertiary/aromatic N) is 2. The van der Waals surface area contributed by atoms with E-state index in [1.165, 1.54) is 11.7 Å². The molecular weight excluding hydrogens is 284 g/mol. The predicted molar refractivity (Wildman–Crippen MR) is 68.7 cm³/mol. The van der Waals surface area contributed by atoms with E-state index in [0.717, 1.165) is 0 Å². The molecule has 1 fully saturated rings. The monoisotopic (exact) mass is 298 g/mol. The number of aromatic nitrogens is 4. The lowest BCUT2D eigenvalue weighted by Crippen LogP contribution is -2.32. The lowest BCUT2D eigenvalue weighted by molar-refractivity contribution is -0.0237. The number of ether oxygens (including phenoxy) is 1. The number of hydrogen-bond donors (Lipinski definition) is 5. The van der Waals surface area contributed by atoms with Crippen LogP contribution in [0.4, 0.5) is 0 Å². The summed E-state index contributed by atoms with van der Waals surface area (Å²) < 4.78 is 6.61. The third-order valence-corrected chi connectivity index (χ3v) is 3.57. The predicted octanol–water partition coefficient (Wildman–Crippen LogP) is -2.90. The quantitative estimate of drug-likeness (QED) is 0.398. The van der Waals surface area contributed by atoms with Crippen molar-refractivity contribution < 1.29 is 20.1 Å². The van der Waals surface area contributed by atoms with Gasteiger partial charge >= 0.3 is 5.69 Å². The van der Waals surface area contributed by atoms with E-state index in [9.17, 15) is 19.8 Å². The molecule has 2 aromatic rings. The van der Waals surface area contributed by atoms with Gasteiger partial charge in [0.15, 0.2) is 0 Å². The fourth-order valence-electron chi connectivity index (χ4n) is 2.56. The zero-order valence-corrected chi connectivity index (χ0v) is 11.0. The molecule has 0 saturated carbocycles. The largest absolute Gasteiger partial charge is 0.394 e. The van der Waals surface area contributed by atoms with Crippen LogP contribution in [0.15, 0.2) is 9.59 Å². The van der Waals surface area contributed by atoms with Crippen LogP contribution in [0.5, 0.6) is 0 Å². The number of H-pyrrole nitrogens is 2. The molecule has 1 unspecified atom stereocenters. The number of aromatic amines is 2. The second-order valence-corrected chi connectivity index (χ2v) is 4.90. The highest BCUT2D eigenvalue weighted by Crippen LogP contribution is 2.34. The average Bonchev–Trinajstić information content (AvgIpc) is 2.89. The van der Waals surface area contributed by atoms with Gasteiger partial charge in [-0.05, 0) is 0 Å². The summed E-state index contributed by atoms with van der Waals surface area (Å²) >= 11 is 0. The third-order valence-electron chi connectivity index (χ3n) is 3.57. The van der Waals surface area contributed by atoms with Gasteiger partial charge in [-0.3, -0.25) is 14.5 Å². The van der Waals surface area contributed by atoms with Crippen molar-refractivity contribution in [1.29, 1.82) is 0 Å². The number of hydrogen-bond acceptors (Lipinski definition) is 7. The van der Waals surface area contributed by atoms with E-state index < -0.39 is 42.3 Å². The van der Waals surface area contributed by atoms with Crippen LogP contribution in [0, 0.1) is 0 Å². The number of rotatable bonds is 2. The maximum absolute atomic E-state index is 11.8. The highest BCUT2D eigenvalue weighted by molar-refractivity contribution is 5.76. The number of aliphatic hydroxyl groups is 3. The second kappa shape index (κ2) is 4.77. The van der Waals surface area contributed by atoms with E-state index in [1.807, 2.05) is 0 Å². The highest BCUT2D eigenvalue weighted by atomic mass is 16.6. The van der Waals surface area contributed by atoms with E-state index in [-0.39, 0.29) is 16.7 Å². The van der Waals surface area contributed by atoms with Crippen LogP contribution in [0.2, 0.25) is 0 Å². The molecule has 3 rings (SSSR count). The van der Waals surface area contributed by atoms with Crippen molar-refractivity contribution in [3.63, 3.8) is 0 Å². The van der Waals surface area contributed by atoms with Gasteiger partial charge in [0.05, 0.1) is 12.1 Å². The SMILES string of the molecule is Cn1nc(C2O[C@H](CO)[C@H](O)[C@H]2O)c2[nH]c(=O)[nH]c(=O)c21. The summed E-state index contributed by atoms with van der Waals surface area (Å²) in [5.41, 5.74) is -0.975. The summed E-state index contributed by atoms with van der Waals surface area (Å²) in [7, 11) is 1.50. The van der Waals surface area contributed by atoms with Crippen LogP contribution in [-0.2, 0) is 11.8 Å². The molecule has 10 heteroatoms. The van der Waals surface area contributed by atoms with Crippen LogP contribution >= 0.6 is 0 Å². The molecule has 1 aliphatic heterocycles. The summed E-state index contributed by atoms with van der Waals surface area (Å²) in [5, 5.41) is 32.9. The molecule has 0 spiro atoms. The first-order chi connectivity index (χ1) is 9.93. The molecule has 10 nitrogen and oxygen atoms in total. The van der Waals surface area contributed by atoms with Crippen molar-refractivity contribution in [2.75, 3.05) is 6.61 Å². The van der Waals surface area contributed by atoms with Crippen molar-refractivity contribution >= 4 is 11.0 Å². The molecule has 4 atom stereocenters. The van der Waals surface area contributed by atoms with E-state index in [2.05, 4.69) is 15.1 Å². The summed E-state index contributed by atoms with van der Waals surface area (Å²) in [6.07, 6.45) is -4.64. The van der Waals surface area contributed by atoms with Gasteiger partial charge in [0.2, 0.25) is 0 Å². The molecule has 5 N–H and O–H groups in total. The van der Waals surface area contributed by atoms with Crippen molar-refractivity contribution in [3.05, 3.63) is 26.5 Å². The Morgan fingerprint density at radius 2 is 2.00 bits per heavy atom. The van der Waals surface area contributed by atoms with E-state index in [4.69, 9.17) is 9.84 Å². The molecular formula is C11H14N4O6. The topological polar surface area (TPSA) is 153 Å². The first kappa shape index (κ1) is 13.9. The molecule has 0 bridgehead atoms. The Morgan fingerprint density at radius 3 is 2.62 bits per heavy atom. The normalized spacial score (nSPS) is 29.3. The molecule has 1 saturated heterocycles. The molecule has 1 aliphatic rings.